The number of carbonyl (C=O) groups excluding carboxylic acids is 1. The largest absolute Gasteiger partial charge is 0.423 e. The summed E-state index contributed by atoms with van der Waals surface area (Å²) < 4.78 is 41.5. The third kappa shape index (κ3) is 3.43. The van der Waals surface area contributed by atoms with Crippen molar-refractivity contribution in [1.82, 2.24) is 20.2 Å². The van der Waals surface area contributed by atoms with E-state index in [1.165, 1.54) is 4.90 Å². The molecule has 11 nitrogen and oxygen atoms in total. The van der Waals surface area contributed by atoms with Gasteiger partial charge in [0.15, 0.2) is 0 Å². The van der Waals surface area contributed by atoms with Gasteiger partial charge in [0.05, 0.1) is 6.04 Å². The Balaban J connectivity index is 0.00000180. The minimum atomic E-state index is -4.78. The molecule has 2 amide bonds. The number of hydroxylamine groups is 2. The van der Waals surface area contributed by atoms with Gasteiger partial charge >= 0.3 is 16.4 Å². The molecule has 3 heterocycles. The Kier molecular flexibility index (Phi) is 4.46. The zero-order valence-corrected chi connectivity index (χ0v) is 19.3. The fourth-order valence-corrected chi connectivity index (χ4v) is 4.52. The Morgan fingerprint density at radius 1 is 1.30 bits per heavy atom. The molecular weight excluding hydrogens is 604 g/mol. The summed E-state index contributed by atoms with van der Waals surface area (Å²) in [7, 11) is -4.78. The quantitative estimate of drug-likeness (QED) is 0.438. The van der Waals surface area contributed by atoms with Crippen LogP contribution in [0.5, 0.6) is 0 Å². The monoisotopic (exact) mass is 623 g/mol. The molecule has 0 unspecified atom stereocenters. The van der Waals surface area contributed by atoms with E-state index in [1.54, 1.807) is 0 Å². The predicted octanol–water partition coefficient (Wildman–Crippen LogP) is 0.169. The van der Waals surface area contributed by atoms with Gasteiger partial charge in [-0.15, -0.1) is 14.5 Å². The van der Waals surface area contributed by atoms with Crippen LogP contribution in [0.1, 0.15) is 49.9 Å². The van der Waals surface area contributed by atoms with Gasteiger partial charge in [0.1, 0.15) is 6.04 Å². The first-order valence-corrected chi connectivity index (χ1v) is 9.93. The molecule has 2 saturated heterocycles. The molecule has 146 valence electrons. The molecular formula is C14H19N5O6SU. The average molecular weight is 623 g/mol. The number of nitrogens with zero attached hydrogens (tertiary/aromatic N) is 4. The van der Waals surface area contributed by atoms with Crippen LogP contribution in [-0.2, 0) is 21.1 Å². The van der Waals surface area contributed by atoms with Gasteiger partial charge in [0, 0.05) is 49.6 Å². The number of nitrogens with two attached hydrogens (primary N) is 1. The molecule has 27 heavy (non-hydrogen) atoms. The molecule has 4 aliphatic rings. The molecule has 5 rings (SSSR count). The zero-order valence-electron chi connectivity index (χ0n) is 14.4. The van der Waals surface area contributed by atoms with Gasteiger partial charge in [0.2, 0.25) is 11.8 Å². The fourth-order valence-electron chi connectivity index (χ4n) is 4.15. The molecule has 2 saturated carbocycles. The van der Waals surface area contributed by atoms with Gasteiger partial charge < -0.3 is 15.1 Å². The smallest absolute Gasteiger partial charge is 0.418 e. The van der Waals surface area contributed by atoms with Crippen molar-refractivity contribution in [3.05, 3.63) is 11.8 Å². The van der Waals surface area contributed by atoms with E-state index in [1.807, 2.05) is 0 Å². The molecule has 2 bridgehead atoms. The first-order valence-electron chi connectivity index (χ1n) is 8.56. The second-order valence-corrected chi connectivity index (χ2v) is 8.94. The third-order valence-electron chi connectivity index (χ3n) is 6.00. The summed E-state index contributed by atoms with van der Waals surface area (Å²) >= 11 is 0. The number of carbonyl (C=O) groups is 1. The Morgan fingerprint density at radius 2 is 2.00 bits per heavy atom. The van der Waals surface area contributed by atoms with Gasteiger partial charge in [-0.3, -0.25) is 4.55 Å². The summed E-state index contributed by atoms with van der Waals surface area (Å²) in [4.78, 5) is 14.1. The van der Waals surface area contributed by atoms with E-state index in [-0.39, 0.29) is 48.6 Å². The van der Waals surface area contributed by atoms with Crippen LogP contribution in [0.15, 0.2) is 4.42 Å². The van der Waals surface area contributed by atoms with E-state index in [2.05, 4.69) is 14.5 Å². The van der Waals surface area contributed by atoms with Crippen molar-refractivity contribution in [1.29, 1.82) is 0 Å². The van der Waals surface area contributed by atoms with Crippen LogP contribution in [0.4, 0.5) is 4.79 Å². The standard InChI is InChI=1S/C14H19N5O6S.U/c15-14(3-4-14)6-10-16-17-11(24-10)8-5-13(1-2-13)9-7-18(8)12(20)19(9)25-26(21,22)23;/h8-9H,1-7,15H2,(H,21,22,23);/t8-,9-;/m0./s1. The van der Waals surface area contributed by atoms with E-state index < -0.39 is 28.5 Å². The van der Waals surface area contributed by atoms with Crippen LogP contribution in [0, 0.1) is 36.5 Å². The first kappa shape index (κ1) is 19.6. The number of amides is 2. The molecule has 2 aliphatic carbocycles. The van der Waals surface area contributed by atoms with Gasteiger partial charge in [0.25, 0.3) is 0 Å². The van der Waals surface area contributed by atoms with Gasteiger partial charge in [-0.2, -0.15) is 13.5 Å². The maximum atomic E-state index is 12.7. The van der Waals surface area contributed by atoms with Crippen LogP contribution < -0.4 is 5.73 Å². The molecule has 0 aromatic carbocycles. The van der Waals surface area contributed by atoms with Gasteiger partial charge in [-0.1, -0.05) is 0 Å². The topological polar surface area (TPSA) is 152 Å². The van der Waals surface area contributed by atoms with Crippen molar-refractivity contribution in [2.24, 2.45) is 11.1 Å². The Hall–Kier alpha value is -0.708. The van der Waals surface area contributed by atoms with Crippen LogP contribution in [0.25, 0.3) is 0 Å². The molecule has 3 N–H and O–H groups in total. The van der Waals surface area contributed by atoms with Crippen LogP contribution in [0.3, 0.4) is 0 Å². The third-order valence-corrected chi connectivity index (χ3v) is 6.35. The van der Waals surface area contributed by atoms with Crippen molar-refractivity contribution < 1.29 is 57.6 Å². The summed E-state index contributed by atoms with van der Waals surface area (Å²) in [5.41, 5.74) is 5.57. The van der Waals surface area contributed by atoms with E-state index >= 15 is 0 Å². The molecule has 2 atom stereocenters. The van der Waals surface area contributed by atoms with Crippen molar-refractivity contribution in [2.75, 3.05) is 6.54 Å². The maximum absolute atomic E-state index is 12.7. The number of rotatable bonds is 5. The van der Waals surface area contributed by atoms with Crippen molar-refractivity contribution in [3.8, 4) is 0 Å². The second-order valence-electron chi connectivity index (χ2n) is 7.93. The number of hydrogen-bond donors (Lipinski definition) is 2. The molecule has 13 heteroatoms. The van der Waals surface area contributed by atoms with E-state index in [4.69, 9.17) is 14.7 Å². The minimum absolute atomic E-state index is 0. The van der Waals surface area contributed by atoms with Gasteiger partial charge in [-0.25, -0.2) is 4.79 Å². The van der Waals surface area contributed by atoms with Crippen LogP contribution in [-0.4, -0.2) is 57.3 Å². The van der Waals surface area contributed by atoms with E-state index in [0.29, 0.717) is 24.6 Å². The molecule has 1 spiro atoms. The van der Waals surface area contributed by atoms with E-state index in [0.717, 1.165) is 30.7 Å². The molecule has 4 fully saturated rings. The number of fused-ring (bicyclic) bond motifs is 3. The minimum Gasteiger partial charge on any atom is -0.423 e. The van der Waals surface area contributed by atoms with Crippen molar-refractivity contribution in [3.63, 3.8) is 0 Å². The summed E-state index contributed by atoms with van der Waals surface area (Å²) in [6, 6.07) is -1.49. The molecule has 0 radical (unpaired) electrons. The Bertz CT molecular complexity index is 882. The molecule has 1 aromatic rings. The fraction of sp³-hybridized carbons (Fsp3) is 0.786. The Labute approximate surface area is 179 Å². The molecule has 1 aromatic heterocycles. The van der Waals surface area contributed by atoms with Crippen molar-refractivity contribution >= 4 is 16.4 Å². The summed E-state index contributed by atoms with van der Waals surface area (Å²) in [6.07, 6.45) is 4.62. The van der Waals surface area contributed by atoms with Crippen molar-refractivity contribution in [2.45, 2.75) is 56.1 Å². The predicted molar refractivity (Wildman–Crippen MR) is 83.5 cm³/mol. The summed E-state index contributed by atoms with van der Waals surface area (Å²) in [5.74, 6) is 0.778. The SMILES string of the molecule is NC1(Cc2nnc([C@@H]3CC4(CC4)[C@@H]4CN3C(=O)N4OS(=O)(=O)O)o2)CC1.[U]. The number of piperidine rings is 1. The average Bonchev–Trinajstić information content (AvgIpc) is 3.40. The number of aromatic nitrogens is 2. The maximum Gasteiger partial charge on any atom is 0.418 e. The normalized spacial score (nSPS) is 29.8. The van der Waals surface area contributed by atoms with Gasteiger partial charge in [-0.05, 0) is 37.5 Å². The van der Waals surface area contributed by atoms with E-state index in [9.17, 15) is 13.2 Å². The van der Waals surface area contributed by atoms with Crippen LogP contribution >= 0.6 is 0 Å². The second kappa shape index (κ2) is 6.14. The summed E-state index contributed by atoms with van der Waals surface area (Å²) in [5, 5.41) is 8.93. The molecule has 2 aliphatic heterocycles. The summed E-state index contributed by atoms with van der Waals surface area (Å²) in [6.45, 7) is 0.289. The Morgan fingerprint density at radius 3 is 2.59 bits per heavy atom. The van der Waals surface area contributed by atoms with Crippen LogP contribution in [0.2, 0.25) is 0 Å². The number of hydrogen-bond acceptors (Lipinski definition) is 8. The first-order chi connectivity index (χ1) is 12.2. The number of urea groups is 1. The zero-order chi connectivity index (χ0) is 18.3.